The molecule has 0 aliphatic heterocycles. The van der Waals surface area contributed by atoms with Gasteiger partial charge in [0.1, 0.15) is 5.69 Å². The molecule has 0 bridgehead atoms. The lowest BCUT2D eigenvalue weighted by Crippen LogP contribution is -2.01. The van der Waals surface area contributed by atoms with Crippen molar-refractivity contribution in [2.75, 3.05) is 0 Å². The van der Waals surface area contributed by atoms with Crippen LogP contribution in [-0.4, -0.2) is 21.1 Å². The molecule has 4 heteroatoms. The van der Waals surface area contributed by atoms with Gasteiger partial charge in [0, 0.05) is 12.4 Å². The SMILES string of the molecule is O=Cc1ncccc1-n1cc(C2CC2)cn1. The van der Waals surface area contributed by atoms with Gasteiger partial charge in [0.05, 0.1) is 11.9 Å². The molecule has 2 aromatic rings. The van der Waals surface area contributed by atoms with Gasteiger partial charge in [-0.2, -0.15) is 5.10 Å². The molecule has 2 aromatic heterocycles. The fourth-order valence-corrected chi connectivity index (χ4v) is 1.79. The normalized spacial score (nSPS) is 15.0. The molecular weight excluding hydrogens is 202 g/mol. The second-order valence-electron chi connectivity index (χ2n) is 4.02. The van der Waals surface area contributed by atoms with E-state index in [1.807, 2.05) is 18.5 Å². The van der Waals surface area contributed by atoms with Gasteiger partial charge in [0.2, 0.25) is 0 Å². The summed E-state index contributed by atoms with van der Waals surface area (Å²) < 4.78 is 1.73. The van der Waals surface area contributed by atoms with E-state index in [1.165, 1.54) is 18.4 Å². The van der Waals surface area contributed by atoms with E-state index in [2.05, 4.69) is 10.1 Å². The summed E-state index contributed by atoms with van der Waals surface area (Å²) in [6, 6.07) is 3.65. The van der Waals surface area contributed by atoms with E-state index < -0.39 is 0 Å². The van der Waals surface area contributed by atoms with Crippen LogP contribution >= 0.6 is 0 Å². The van der Waals surface area contributed by atoms with E-state index >= 15 is 0 Å². The summed E-state index contributed by atoms with van der Waals surface area (Å²) in [6.07, 6.45) is 8.73. The average molecular weight is 213 g/mol. The molecule has 0 amide bonds. The number of aromatic nitrogens is 3. The van der Waals surface area contributed by atoms with Crippen LogP contribution in [0.25, 0.3) is 5.69 Å². The van der Waals surface area contributed by atoms with E-state index in [9.17, 15) is 4.79 Å². The zero-order chi connectivity index (χ0) is 11.0. The molecule has 1 aliphatic rings. The number of hydrogen-bond acceptors (Lipinski definition) is 3. The first-order valence-corrected chi connectivity index (χ1v) is 5.33. The van der Waals surface area contributed by atoms with Crippen LogP contribution in [0.15, 0.2) is 30.7 Å². The second kappa shape index (κ2) is 3.56. The summed E-state index contributed by atoms with van der Waals surface area (Å²) in [6.45, 7) is 0. The van der Waals surface area contributed by atoms with E-state index in [0.717, 1.165) is 12.0 Å². The Morgan fingerprint density at radius 1 is 1.44 bits per heavy atom. The largest absolute Gasteiger partial charge is 0.296 e. The number of pyridine rings is 1. The van der Waals surface area contributed by atoms with E-state index in [4.69, 9.17) is 0 Å². The predicted molar refractivity (Wildman–Crippen MR) is 58.7 cm³/mol. The number of hydrogen-bond donors (Lipinski definition) is 0. The van der Waals surface area contributed by atoms with Gasteiger partial charge in [0.25, 0.3) is 0 Å². The number of aldehydes is 1. The van der Waals surface area contributed by atoms with Gasteiger partial charge in [-0.3, -0.25) is 9.78 Å². The standard InChI is InChI=1S/C12H11N3O/c16-8-11-12(2-1-5-13-11)15-7-10(6-14-15)9-3-4-9/h1-2,5-9H,3-4H2. The molecule has 80 valence electrons. The highest BCUT2D eigenvalue weighted by molar-refractivity contribution is 5.77. The fraction of sp³-hybridized carbons (Fsp3) is 0.250. The van der Waals surface area contributed by atoms with Crippen LogP contribution in [0, 0.1) is 0 Å². The second-order valence-corrected chi connectivity index (χ2v) is 4.02. The van der Waals surface area contributed by atoms with Crippen molar-refractivity contribution in [2.24, 2.45) is 0 Å². The number of nitrogens with zero attached hydrogens (tertiary/aromatic N) is 3. The van der Waals surface area contributed by atoms with Crippen LogP contribution in [0.5, 0.6) is 0 Å². The molecule has 0 radical (unpaired) electrons. The van der Waals surface area contributed by atoms with Gasteiger partial charge in [-0.25, -0.2) is 4.68 Å². The Morgan fingerprint density at radius 3 is 3.06 bits per heavy atom. The Morgan fingerprint density at radius 2 is 2.31 bits per heavy atom. The van der Waals surface area contributed by atoms with Crippen LogP contribution in [0.4, 0.5) is 0 Å². The smallest absolute Gasteiger partial charge is 0.170 e. The number of carbonyl (C=O) groups is 1. The maximum atomic E-state index is 10.9. The summed E-state index contributed by atoms with van der Waals surface area (Å²) in [4.78, 5) is 14.9. The highest BCUT2D eigenvalue weighted by Gasteiger charge is 2.25. The lowest BCUT2D eigenvalue weighted by molar-refractivity contribution is 0.111. The van der Waals surface area contributed by atoms with Gasteiger partial charge in [-0.15, -0.1) is 0 Å². The molecule has 0 spiro atoms. The predicted octanol–water partition coefficient (Wildman–Crippen LogP) is 1.96. The van der Waals surface area contributed by atoms with Crippen LogP contribution in [0.2, 0.25) is 0 Å². The third kappa shape index (κ3) is 1.52. The molecule has 0 atom stereocenters. The molecule has 1 aliphatic carbocycles. The molecule has 3 rings (SSSR count). The van der Waals surface area contributed by atoms with E-state index in [0.29, 0.717) is 11.6 Å². The molecule has 4 nitrogen and oxygen atoms in total. The monoisotopic (exact) mass is 213 g/mol. The Hall–Kier alpha value is -1.97. The summed E-state index contributed by atoms with van der Waals surface area (Å²) in [5, 5.41) is 4.27. The number of carbonyl (C=O) groups excluding carboxylic acids is 1. The summed E-state index contributed by atoms with van der Waals surface area (Å²) in [5.41, 5.74) is 2.41. The van der Waals surface area contributed by atoms with Gasteiger partial charge in [0.15, 0.2) is 6.29 Å². The maximum Gasteiger partial charge on any atom is 0.170 e. The Labute approximate surface area is 92.9 Å². The van der Waals surface area contributed by atoms with Crippen molar-refractivity contribution >= 4 is 6.29 Å². The zero-order valence-corrected chi connectivity index (χ0v) is 8.71. The van der Waals surface area contributed by atoms with Crippen molar-refractivity contribution in [1.82, 2.24) is 14.8 Å². The molecular formula is C12H11N3O. The van der Waals surface area contributed by atoms with Crippen LogP contribution in [0.1, 0.15) is 34.8 Å². The minimum absolute atomic E-state index is 0.424. The molecule has 1 saturated carbocycles. The summed E-state index contributed by atoms with van der Waals surface area (Å²) >= 11 is 0. The van der Waals surface area contributed by atoms with Crippen LogP contribution in [0.3, 0.4) is 0 Å². The van der Waals surface area contributed by atoms with Crippen molar-refractivity contribution in [1.29, 1.82) is 0 Å². The van der Waals surface area contributed by atoms with Crippen LogP contribution in [-0.2, 0) is 0 Å². The molecule has 0 unspecified atom stereocenters. The Kier molecular flexibility index (Phi) is 2.06. The van der Waals surface area contributed by atoms with Gasteiger partial charge < -0.3 is 0 Å². The first-order valence-electron chi connectivity index (χ1n) is 5.33. The molecule has 16 heavy (non-hydrogen) atoms. The van der Waals surface area contributed by atoms with Crippen LogP contribution < -0.4 is 0 Å². The summed E-state index contributed by atoms with van der Waals surface area (Å²) in [5.74, 6) is 0.671. The maximum absolute atomic E-state index is 10.9. The van der Waals surface area contributed by atoms with Gasteiger partial charge in [-0.1, -0.05) is 0 Å². The van der Waals surface area contributed by atoms with E-state index in [1.54, 1.807) is 16.9 Å². The highest BCUT2D eigenvalue weighted by atomic mass is 16.1. The zero-order valence-electron chi connectivity index (χ0n) is 8.71. The van der Waals surface area contributed by atoms with Crippen molar-refractivity contribution in [3.8, 4) is 5.69 Å². The Bertz CT molecular complexity index is 529. The molecule has 0 N–H and O–H groups in total. The lowest BCUT2D eigenvalue weighted by Gasteiger charge is -2.02. The third-order valence-electron chi connectivity index (χ3n) is 2.83. The first kappa shape index (κ1) is 9.27. The van der Waals surface area contributed by atoms with Crippen molar-refractivity contribution < 1.29 is 4.79 Å². The van der Waals surface area contributed by atoms with Crippen molar-refractivity contribution in [2.45, 2.75) is 18.8 Å². The third-order valence-corrected chi connectivity index (χ3v) is 2.83. The summed E-state index contributed by atoms with van der Waals surface area (Å²) in [7, 11) is 0. The minimum atomic E-state index is 0.424. The molecule has 2 heterocycles. The van der Waals surface area contributed by atoms with E-state index in [-0.39, 0.29) is 0 Å². The number of rotatable bonds is 3. The fourth-order valence-electron chi connectivity index (χ4n) is 1.79. The minimum Gasteiger partial charge on any atom is -0.296 e. The molecule has 1 fully saturated rings. The quantitative estimate of drug-likeness (QED) is 0.732. The Balaban J connectivity index is 2.03. The molecule has 0 saturated heterocycles. The topological polar surface area (TPSA) is 47.8 Å². The van der Waals surface area contributed by atoms with Crippen molar-refractivity contribution in [3.05, 3.63) is 42.0 Å². The van der Waals surface area contributed by atoms with Crippen molar-refractivity contribution in [3.63, 3.8) is 0 Å². The first-order chi connectivity index (χ1) is 7.88. The highest BCUT2D eigenvalue weighted by Crippen LogP contribution is 2.39. The molecule has 0 aromatic carbocycles. The van der Waals surface area contributed by atoms with Gasteiger partial charge >= 0.3 is 0 Å². The lowest BCUT2D eigenvalue weighted by atomic mass is 10.2. The average Bonchev–Trinajstić information content (AvgIpc) is 3.07. The van der Waals surface area contributed by atoms with Gasteiger partial charge in [-0.05, 0) is 36.5 Å².